The molecule has 1 aromatic carbocycles. The molecule has 1 amide bonds. The Morgan fingerprint density at radius 2 is 2.05 bits per heavy atom. The summed E-state index contributed by atoms with van der Waals surface area (Å²) >= 11 is 0. The fraction of sp³-hybridized carbons (Fsp3) is 0.333. The number of hydrogen-bond donors (Lipinski definition) is 2. The molecule has 5 heteroatoms. The summed E-state index contributed by atoms with van der Waals surface area (Å²) in [5.41, 5.74) is -0.683. The zero-order valence-electron chi connectivity index (χ0n) is 11.5. The van der Waals surface area contributed by atoms with Crippen molar-refractivity contribution in [2.75, 3.05) is 13.2 Å². The molecule has 2 N–H and O–H groups in total. The molecule has 0 radical (unpaired) electrons. The Kier molecular flexibility index (Phi) is 3.90. The molecule has 20 heavy (non-hydrogen) atoms. The average molecular weight is 275 g/mol. The molecule has 0 fully saturated rings. The topological polar surface area (TPSA) is 79.5 Å². The van der Waals surface area contributed by atoms with Gasteiger partial charge in [0.15, 0.2) is 0 Å². The van der Waals surface area contributed by atoms with E-state index in [1.807, 2.05) is 13.8 Å². The predicted molar refractivity (Wildman–Crippen MR) is 75.7 cm³/mol. The summed E-state index contributed by atoms with van der Waals surface area (Å²) in [6.07, 6.45) is 0. The Morgan fingerprint density at radius 3 is 2.75 bits per heavy atom. The number of para-hydroxylation sites is 1. The lowest BCUT2D eigenvalue weighted by molar-refractivity contribution is 0.0907. The number of amides is 1. The molecule has 106 valence electrons. The zero-order valence-corrected chi connectivity index (χ0v) is 11.5. The van der Waals surface area contributed by atoms with Crippen molar-refractivity contribution in [3.8, 4) is 0 Å². The van der Waals surface area contributed by atoms with E-state index in [4.69, 9.17) is 9.52 Å². The van der Waals surface area contributed by atoms with Crippen molar-refractivity contribution in [1.29, 1.82) is 0 Å². The number of nitrogens with one attached hydrogen (secondary N) is 1. The first-order valence-electron chi connectivity index (χ1n) is 6.35. The van der Waals surface area contributed by atoms with Crippen molar-refractivity contribution in [2.24, 2.45) is 5.41 Å². The minimum Gasteiger partial charge on any atom is -0.422 e. The van der Waals surface area contributed by atoms with E-state index < -0.39 is 16.9 Å². The van der Waals surface area contributed by atoms with Gasteiger partial charge in [-0.25, -0.2) is 4.79 Å². The van der Waals surface area contributed by atoms with E-state index in [1.54, 1.807) is 24.3 Å². The minimum absolute atomic E-state index is 0.0301. The Balaban J connectivity index is 2.26. The second-order valence-corrected chi connectivity index (χ2v) is 5.49. The van der Waals surface area contributed by atoms with E-state index in [-0.39, 0.29) is 18.7 Å². The molecule has 0 bridgehead atoms. The highest BCUT2D eigenvalue weighted by molar-refractivity contribution is 5.96. The number of aliphatic hydroxyl groups is 1. The summed E-state index contributed by atoms with van der Waals surface area (Å²) in [4.78, 5) is 23.8. The van der Waals surface area contributed by atoms with E-state index in [0.717, 1.165) is 0 Å². The molecule has 0 aliphatic rings. The Bertz CT molecular complexity index is 688. The highest BCUT2D eigenvalue weighted by atomic mass is 16.4. The number of aliphatic hydroxyl groups excluding tert-OH is 1. The third-order valence-electron chi connectivity index (χ3n) is 3.04. The number of fused-ring (bicyclic) bond motifs is 1. The van der Waals surface area contributed by atoms with Crippen molar-refractivity contribution >= 4 is 16.9 Å². The molecule has 1 aromatic heterocycles. The first-order valence-corrected chi connectivity index (χ1v) is 6.35. The van der Waals surface area contributed by atoms with Gasteiger partial charge < -0.3 is 14.8 Å². The van der Waals surface area contributed by atoms with Crippen LogP contribution in [0.3, 0.4) is 0 Å². The molecule has 2 aromatic rings. The van der Waals surface area contributed by atoms with E-state index in [9.17, 15) is 9.59 Å². The quantitative estimate of drug-likeness (QED) is 0.829. The molecule has 1 heterocycles. The fourth-order valence-electron chi connectivity index (χ4n) is 1.69. The predicted octanol–water partition coefficient (Wildman–Crippen LogP) is 1.54. The van der Waals surface area contributed by atoms with Crippen molar-refractivity contribution in [3.05, 3.63) is 46.3 Å². The van der Waals surface area contributed by atoms with Gasteiger partial charge in [-0.1, -0.05) is 32.0 Å². The van der Waals surface area contributed by atoms with Gasteiger partial charge in [0, 0.05) is 24.0 Å². The summed E-state index contributed by atoms with van der Waals surface area (Å²) in [6, 6.07) is 8.52. The van der Waals surface area contributed by atoms with Gasteiger partial charge in [0.1, 0.15) is 11.1 Å². The smallest absolute Gasteiger partial charge is 0.349 e. The third-order valence-corrected chi connectivity index (χ3v) is 3.04. The Morgan fingerprint density at radius 1 is 1.35 bits per heavy atom. The lowest BCUT2D eigenvalue weighted by Gasteiger charge is -2.21. The Labute approximate surface area is 116 Å². The second-order valence-electron chi connectivity index (χ2n) is 5.49. The molecular weight excluding hydrogens is 258 g/mol. The molecule has 0 aliphatic carbocycles. The summed E-state index contributed by atoms with van der Waals surface area (Å²) in [5.74, 6) is -0.494. The zero-order chi connectivity index (χ0) is 14.8. The monoisotopic (exact) mass is 275 g/mol. The molecule has 0 aliphatic heterocycles. The maximum Gasteiger partial charge on any atom is 0.349 e. The van der Waals surface area contributed by atoms with E-state index in [0.29, 0.717) is 11.0 Å². The standard InChI is InChI=1S/C15H17NO4/c1-15(2,9-17)8-16-13(18)11-7-10-5-3-4-6-12(10)20-14(11)19/h3-7,17H,8-9H2,1-2H3,(H,16,18). The summed E-state index contributed by atoms with van der Waals surface area (Å²) in [5, 5.41) is 12.5. The van der Waals surface area contributed by atoms with Crippen LogP contribution in [-0.2, 0) is 0 Å². The summed E-state index contributed by atoms with van der Waals surface area (Å²) in [6.45, 7) is 3.85. The molecule has 5 nitrogen and oxygen atoms in total. The average Bonchev–Trinajstić information content (AvgIpc) is 2.44. The SMILES string of the molecule is CC(C)(CO)CNC(=O)c1cc2ccccc2oc1=O. The molecule has 0 unspecified atom stereocenters. The highest BCUT2D eigenvalue weighted by Crippen LogP contribution is 2.14. The van der Waals surface area contributed by atoms with Crippen molar-refractivity contribution in [2.45, 2.75) is 13.8 Å². The van der Waals surface area contributed by atoms with Crippen molar-refractivity contribution < 1.29 is 14.3 Å². The van der Waals surface area contributed by atoms with Gasteiger partial charge in [-0.3, -0.25) is 4.79 Å². The highest BCUT2D eigenvalue weighted by Gasteiger charge is 2.20. The number of hydrogen-bond acceptors (Lipinski definition) is 4. The van der Waals surface area contributed by atoms with Crippen LogP contribution in [0.2, 0.25) is 0 Å². The van der Waals surface area contributed by atoms with E-state index >= 15 is 0 Å². The molecular formula is C15H17NO4. The maximum absolute atomic E-state index is 12.0. The van der Waals surface area contributed by atoms with Crippen LogP contribution in [0.1, 0.15) is 24.2 Å². The molecule has 0 spiro atoms. The molecule has 0 atom stereocenters. The van der Waals surface area contributed by atoms with Crippen LogP contribution in [0.15, 0.2) is 39.5 Å². The third kappa shape index (κ3) is 3.05. The number of carbonyl (C=O) groups excluding carboxylic acids is 1. The second kappa shape index (κ2) is 5.46. The minimum atomic E-state index is -0.664. The van der Waals surface area contributed by atoms with Gasteiger partial charge in [0.25, 0.3) is 5.91 Å². The molecule has 0 saturated heterocycles. The molecule has 0 saturated carbocycles. The number of benzene rings is 1. The number of carbonyl (C=O) groups is 1. The normalized spacial score (nSPS) is 11.6. The first-order chi connectivity index (χ1) is 9.43. The fourth-order valence-corrected chi connectivity index (χ4v) is 1.69. The summed E-state index contributed by atoms with van der Waals surface area (Å²) < 4.78 is 5.11. The Hall–Kier alpha value is -2.14. The van der Waals surface area contributed by atoms with Gasteiger partial charge in [-0.15, -0.1) is 0 Å². The van der Waals surface area contributed by atoms with Gasteiger partial charge >= 0.3 is 5.63 Å². The van der Waals surface area contributed by atoms with Crippen LogP contribution in [-0.4, -0.2) is 24.2 Å². The van der Waals surface area contributed by atoms with Crippen LogP contribution < -0.4 is 10.9 Å². The van der Waals surface area contributed by atoms with Crippen LogP contribution in [0, 0.1) is 5.41 Å². The van der Waals surface area contributed by atoms with Crippen LogP contribution in [0.4, 0.5) is 0 Å². The number of rotatable bonds is 4. The maximum atomic E-state index is 12.0. The van der Waals surface area contributed by atoms with Crippen LogP contribution in [0.5, 0.6) is 0 Å². The van der Waals surface area contributed by atoms with Gasteiger partial charge in [0.2, 0.25) is 0 Å². The van der Waals surface area contributed by atoms with Gasteiger partial charge in [-0.2, -0.15) is 0 Å². The molecule has 2 rings (SSSR count). The lowest BCUT2D eigenvalue weighted by Crippen LogP contribution is -2.37. The first kappa shape index (κ1) is 14.3. The van der Waals surface area contributed by atoms with Crippen molar-refractivity contribution in [3.63, 3.8) is 0 Å². The van der Waals surface area contributed by atoms with Crippen LogP contribution >= 0.6 is 0 Å². The van der Waals surface area contributed by atoms with E-state index in [1.165, 1.54) is 6.07 Å². The largest absolute Gasteiger partial charge is 0.422 e. The lowest BCUT2D eigenvalue weighted by atomic mass is 9.95. The van der Waals surface area contributed by atoms with E-state index in [2.05, 4.69) is 5.32 Å². The van der Waals surface area contributed by atoms with Crippen LogP contribution in [0.25, 0.3) is 11.0 Å². The summed E-state index contributed by atoms with van der Waals surface area (Å²) in [7, 11) is 0. The van der Waals surface area contributed by atoms with Gasteiger partial charge in [0.05, 0.1) is 0 Å². The van der Waals surface area contributed by atoms with Crippen molar-refractivity contribution in [1.82, 2.24) is 5.32 Å². The van der Waals surface area contributed by atoms with Gasteiger partial charge in [-0.05, 0) is 12.1 Å².